The van der Waals surface area contributed by atoms with Gasteiger partial charge in [-0.05, 0) is 19.4 Å². The van der Waals surface area contributed by atoms with E-state index in [1.165, 1.54) is 0 Å². The van der Waals surface area contributed by atoms with E-state index in [2.05, 4.69) is 4.74 Å². The van der Waals surface area contributed by atoms with Crippen molar-refractivity contribution in [3.63, 3.8) is 0 Å². The van der Waals surface area contributed by atoms with Crippen LogP contribution in [-0.2, 0) is 9.53 Å². The molecule has 1 unspecified atom stereocenters. The van der Waals surface area contributed by atoms with E-state index in [-0.39, 0.29) is 6.61 Å². The highest BCUT2D eigenvalue weighted by atomic mass is 16.5. The van der Waals surface area contributed by atoms with E-state index < -0.39 is 12.0 Å². The van der Waals surface area contributed by atoms with Gasteiger partial charge in [-0.3, -0.25) is 4.79 Å². The van der Waals surface area contributed by atoms with Gasteiger partial charge >= 0.3 is 5.97 Å². The first-order valence-corrected chi connectivity index (χ1v) is 4.88. The summed E-state index contributed by atoms with van der Waals surface area (Å²) in [5, 5.41) is 16.3. The Balaban J connectivity index is 0. The summed E-state index contributed by atoms with van der Waals surface area (Å²) in [7, 11) is 1.55. The van der Waals surface area contributed by atoms with Crippen LogP contribution in [0.5, 0.6) is 0 Å². The zero-order chi connectivity index (χ0) is 12.1. The molecule has 6 heteroatoms. The number of ether oxygens (including phenoxy) is 1. The van der Waals surface area contributed by atoms with E-state index >= 15 is 0 Å². The number of aliphatic hydroxyl groups excluding tert-OH is 1. The standard InChI is InChI=1S/C6H14N2O2.C3H8O2/c7-4-2-1-3-5(8)6(9)10;1-5-3-2-4/h5H,1-4,7-8H2,(H,9,10);4H,2-3H2,1H3. The fourth-order valence-corrected chi connectivity index (χ4v) is 0.723. The molecule has 15 heavy (non-hydrogen) atoms. The van der Waals surface area contributed by atoms with Gasteiger partial charge in [-0.15, -0.1) is 0 Å². The van der Waals surface area contributed by atoms with Gasteiger partial charge in [0.1, 0.15) is 6.04 Å². The summed E-state index contributed by atoms with van der Waals surface area (Å²) in [6.45, 7) is 1.17. The molecule has 6 N–H and O–H groups in total. The van der Waals surface area contributed by atoms with Gasteiger partial charge in [0, 0.05) is 7.11 Å². The average Bonchev–Trinajstić information content (AvgIpc) is 2.20. The highest BCUT2D eigenvalue weighted by Gasteiger charge is 2.09. The summed E-state index contributed by atoms with van der Waals surface area (Å²) in [6.07, 6.45) is 2.16. The van der Waals surface area contributed by atoms with E-state index in [9.17, 15) is 4.79 Å². The molecule has 1 atom stereocenters. The summed E-state index contributed by atoms with van der Waals surface area (Å²) in [5.41, 5.74) is 10.4. The Morgan fingerprint density at radius 1 is 1.47 bits per heavy atom. The van der Waals surface area contributed by atoms with E-state index in [0.29, 0.717) is 19.6 Å². The molecule has 0 aliphatic carbocycles. The van der Waals surface area contributed by atoms with Crippen molar-refractivity contribution >= 4 is 5.97 Å². The number of unbranched alkanes of at least 4 members (excludes halogenated alkanes) is 1. The molecular weight excluding hydrogens is 200 g/mol. The normalized spacial score (nSPS) is 11.5. The highest BCUT2D eigenvalue weighted by Crippen LogP contribution is 1.96. The van der Waals surface area contributed by atoms with E-state index in [1.807, 2.05) is 0 Å². The second-order valence-electron chi connectivity index (χ2n) is 2.95. The van der Waals surface area contributed by atoms with Crippen LogP contribution in [-0.4, -0.2) is 49.1 Å². The number of carbonyl (C=O) groups is 1. The lowest BCUT2D eigenvalue weighted by atomic mass is 10.1. The molecule has 92 valence electrons. The van der Waals surface area contributed by atoms with Crippen LogP contribution in [0.25, 0.3) is 0 Å². The highest BCUT2D eigenvalue weighted by molar-refractivity contribution is 5.72. The van der Waals surface area contributed by atoms with Crippen LogP contribution in [0.2, 0.25) is 0 Å². The largest absolute Gasteiger partial charge is 0.480 e. The van der Waals surface area contributed by atoms with Gasteiger partial charge in [-0.1, -0.05) is 6.42 Å². The van der Waals surface area contributed by atoms with Crippen molar-refractivity contribution in [2.45, 2.75) is 25.3 Å². The van der Waals surface area contributed by atoms with Gasteiger partial charge in [0.15, 0.2) is 0 Å². The minimum Gasteiger partial charge on any atom is -0.480 e. The van der Waals surface area contributed by atoms with Crippen molar-refractivity contribution in [1.82, 2.24) is 0 Å². The number of hydrogen-bond acceptors (Lipinski definition) is 5. The van der Waals surface area contributed by atoms with Crippen LogP contribution in [0.4, 0.5) is 0 Å². The van der Waals surface area contributed by atoms with E-state index in [4.69, 9.17) is 21.7 Å². The zero-order valence-electron chi connectivity index (χ0n) is 9.19. The summed E-state index contributed by atoms with van der Waals surface area (Å²) in [5.74, 6) is -0.933. The maximum atomic E-state index is 10.1. The van der Waals surface area contributed by atoms with Crippen LogP contribution >= 0.6 is 0 Å². The van der Waals surface area contributed by atoms with Gasteiger partial charge in [0.2, 0.25) is 0 Å². The quantitative estimate of drug-likeness (QED) is 0.417. The Morgan fingerprint density at radius 2 is 2.07 bits per heavy atom. The molecule has 0 amide bonds. The average molecular weight is 222 g/mol. The van der Waals surface area contributed by atoms with Gasteiger partial charge in [-0.2, -0.15) is 0 Å². The van der Waals surface area contributed by atoms with Crippen molar-refractivity contribution in [3.8, 4) is 0 Å². The molecule has 0 aromatic rings. The number of rotatable bonds is 7. The van der Waals surface area contributed by atoms with Gasteiger partial charge in [-0.25, -0.2) is 0 Å². The molecule has 0 saturated carbocycles. The predicted octanol–water partition coefficient (Wildman–Crippen LogP) is -0.848. The summed E-state index contributed by atoms with van der Waals surface area (Å²) in [4.78, 5) is 10.1. The minimum atomic E-state index is -0.933. The number of aliphatic carboxylic acids is 1. The molecule has 0 aliphatic heterocycles. The number of methoxy groups -OCH3 is 1. The molecule has 0 rings (SSSR count). The van der Waals surface area contributed by atoms with Gasteiger partial charge in [0.25, 0.3) is 0 Å². The first-order chi connectivity index (χ1) is 7.09. The SMILES string of the molecule is COCCO.NCCCCC(N)C(=O)O. The molecule has 0 aromatic heterocycles. The van der Waals surface area contributed by atoms with Gasteiger partial charge < -0.3 is 26.4 Å². The molecule has 0 radical (unpaired) electrons. The summed E-state index contributed by atoms with van der Waals surface area (Å²) in [6, 6.07) is -0.716. The van der Waals surface area contributed by atoms with Crippen LogP contribution in [0, 0.1) is 0 Å². The number of carboxylic acids is 1. The lowest BCUT2D eigenvalue weighted by molar-refractivity contribution is -0.138. The van der Waals surface area contributed by atoms with Gasteiger partial charge in [0.05, 0.1) is 13.2 Å². The van der Waals surface area contributed by atoms with E-state index in [1.54, 1.807) is 7.11 Å². The van der Waals surface area contributed by atoms with Crippen molar-refractivity contribution in [3.05, 3.63) is 0 Å². The van der Waals surface area contributed by atoms with E-state index in [0.717, 1.165) is 12.8 Å². The molecule has 0 aromatic carbocycles. The smallest absolute Gasteiger partial charge is 0.320 e. The molecule has 0 heterocycles. The first kappa shape index (κ1) is 16.7. The molecule has 0 bridgehead atoms. The Kier molecular flexibility index (Phi) is 14.8. The summed E-state index contributed by atoms with van der Waals surface area (Å²) < 4.78 is 4.44. The second kappa shape index (κ2) is 13.3. The number of aliphatic hydroxyl groups is 1. The van der Waals surface area contributed by atoms with Crippen molar-refractivity contribution in [2.24, 2.45) is 11.5 Å². The first-order valence-electron chi connectivity index (χ1n) is 4.88. The third-order valence-electron chi connectivity index (χ3n) is 1.58. The predicted molar refractivity (Wildman–Crippen MR) is 57.5 cm³/mol. The van der Waals surface area contributed by atoms with Crippen molar-refractivity contribution in [1.29, 1.82) is 0 Å². The summed E-state index contributed by atoms with van der Waals surface area (Å²) >= 11 is 0. The van der Waals surface area contributed by atoms with Crippen LogP contribution in [0.1, 0.15) is 19.3 Å². The monoisotopic (exact) mass is 222 g/mol. The third-order valence-corrected chi connectivity index (χ3v) is 1.58. The molecule has 0 aliphatic rings. The zero-order valence-corrected chi connectivity index (χ0v) is 9.19. The maximum Gasteiger partial charge on any atom is 0.320 e. The van der Waals surface area contributed by atoms with Crippen molar-refractivity contribution < 1.29 is 19.7 Å². The fraction of sp³-hybridized carbons (Fsp3) is 0.889. The lowest BCUT2D eigenvalue weighted by Gasteiger charge is -2.03. The van der Waals surface area contributed by atoms with Crippen molar-refractivity contribution in [2.75, 3.05) is 26.9 Å². The molecule has 0 fully saturated rings. The molecular formula is C9H22N2O4. The Hall–Kier alpha value is -0.690. The second-order valence-corrected chi connectivity index (χ2v) is 2.95. The lowest BCUT2D eigenvalue weighted by Crippen LogP contribution is -2.29. The molecule has 0 saturated heterocycles. The number of nitrogens with two attached hydrogens (primary N) is 2. The maximum absolute atomic E-state index is 10.1. The minimum absolute atomic E-state index is 0.122. The topological polar surface area (TPSA) is 119 Å². The van der Waals surface area contributed by atoms with Crippen LogP contribution in [0.15, 0.2) is 0 Å². The third kappa shape index (κ3) is 16.0. The number of hydrogen-bond donors (Lipinski definition) is 4. The fourth-order valence-electron chi connectivity index (χ4n) is 0.723. The van der Waals surface area contributed by atoms with Crippen LogP contribution < -0.4 is 11.5 Å². The Bertz CT molecular complexity index is 142. The van der Waals surface area contributed by atoms with Crippen LogP contribution in [0.3, 0.4) is 0 Å². The molecule has 0 spiro atoms. The number of carboxylic acid groups (broad SMARTS) is 1. The molecule has 6 nitrogen and oxygen atoms in total. The Labute approximate surface area is 90.2 Å². The Morgan fingerprint density at radius 3 is 2.33 bits per heavy atom.